The highest BCUT2D eigenvalue weighted by atomic mass is 32.2. The van der Waals surface area contributed by atoms with Crippen LogP contribution in [0.25, 0.3) is 28.1 Å². The van der Waals surface area contributed by atoms with E-state index in [0.29, 0.717) is 17.9 Å². The van der Waals surface area contributed by atoms with Gasteiger partial charge in [0.15, 0.2) is 0 Å². The second kappa shape index (κ2) is 13.6. The minimum atomic E-state index is -1.01. The van der Waals surface area contributed by atoms with Crippen molar-refractivity contribution in [3.05, 3.63) is 94.8 Å². The Morgan fingerprint density at radius 1 is 0.978 bits per heavy atom. The lowest BCUT2D eigenvalue weighted by molar-refractivity contribution is 0.325. The molecule has 8 heteroatoms. The van der Waals surface area contributed by atoms with Crippen molar-refractivity contribution in [2.45, 2.75) is 50.0 Å². The maximum atomic E-state index is 14.4. The number of hydrogen-bond acceptors (Lipinski definition) is 6. The fourth-order valence-corrected chi connectivity index (χ4v) is 7.20. The van der Waals surface area contributed by atoms with Crippen LogP contribution in [-0.4, -0.2) is 53.7 Å². The average molecular weight is 624 g/mol. The predicted molar refractivity (Wildman–Crippen MR) is 186 cm³/mol. The van der Waals surface area contributed by atoms with Gasteiger partial charge < -0.3 is 15.5 Å². The van der Waals surface area contributed by atoms with Crippen molar-refractivity contribution >= 4 is 50.7 Å². The molecule has 0 bridgehead atoms. The Morgan fingerprint density at radius 2 is 1.73 bits per heavy atom. The van der Waals surface area contributed by atoms with Crippen LogP contribution in [0.4, 0.5) is 16.2 Å². The summed E-state index contributed by atoms with van der Waals surface area (Å²) in [4.78, 5) is 12.5. The van der Waals surface area contributed by atoms with Crippen molar-refractivity contribution in [2.24, 2.45) is 5.92 Å². The monoisotopic (exact) mass is 623 g/mol. The molecule has 3 aromatic carbocycles. The first-order valence-electron chi connectivity index (χ1n) is 15.8. The number of benzene rings is 3. The smallest absolute Gasteiger partial charge is 0.225 e. The molecule has 234 valence electrons. The Morgan fingerprint density at radius 3 is 2.47 bits per heavy atom. The normalized spacial score (nSPS) is 19.6. The van der Waals surface area contributed by atoms with Crippen LogP contribution in [0.5, 0.6) is 0 Å². The van der Waals surface area contributed by atoms with Gasteiger partial charge in [-0.3, -0.25) is 4.21 Å². The molecular formula is C37H42FN5OS. The molecule has 0 spiro atoms. The molecule has 6 rings (SSSR count). The van der Waals surface area contributed by atoms with Crippen LogP contribution in [0.3, 0.4) is 0 Å². The zero-order valence-corrected chi connectivity index (χ0v) is 27.4. The zero-order chi connectivity index (χ0) is 31.5. The van der Waals surface area contributed by atoms with Gasteiger partial charge in [0.05, 0.1) is 5.52 Å². The summed E-state index contributed by atoms with van der Waals surface area (Å²) in [5.41, 5.74) is 7.60. The summed E-state index contributed by atoms with van der Waals surface area (Å²) in [5.74, 6) is 2.07. The van der Waals surface area contributed by atoms with Crippen molar-refractivity contribution in [1.82, 2.24) is 15.3 Å². The molecule has 0 aliphatic heterocycles. The van der Waals surface area contributed by atoms with E-state index in [1.54, 1.807) is 18.4 Å². The van der Waals surface area contributed by atoms with Crippen molar-refractivity contribution in [3.63, 3.8) is 0 Å². The van der Waals surface area contributed by atoms with Gasteiger partial charge in [-0.15, -0.1) is 0 Å². The topological polar surface area (TPSA) is 70.2 Å². The third-order valence-corrected chi connectivity index (χ3v) is 10.1. The average Bonchev–Trinajstić information content (AvgIpc) is 3.28. The van der Waals surface area contributed by atoms with Crippen LogP contribution in [0.2, 0.25) is 0 Å². The van der Waals surface area contributed by atoms with Crippen LogP contribution < -0.4 is 15.5 Å². The second-order valence-electron chi connectivity index (χ2n) is 12.5. The lowest BCUT2D eigenvalue weighted by Gasteiger charge is -2.29. The van der Waals surface area contributed by atoms with Crippen molar-refractivity contribution in [1.29, 1.82) is 0 Å². The molecule has 1 aromatic heterocycles. The van der Waals surface area contributed by atoms with Gasteiger partial charge in [-0.05, 0) is 134 Å². The summed E-state index contributed by atoms with van der Waals surface area (Å²) in [5, 5.41) is 8.39. The van der Waals surface area contributed by atoms with Crippen molar-refractivity contribution in [3.8, 4) is 0 Å². The molecular weight excluding hydrogens is 582 g/mol. The molecule has 0 radical (unpaired) electrons. The van der Waals surface area contributed by atoms with Crippen molar-refractivity contribution in [2.75, 3.05) is 43.7 Å². The van der Waals surface area contributed by atoms with Gasteiger partial charge >= 0.3 is 0 Å². The largest absolute Gasteiger partial charge is 0.362 e. The minimum Gasteiger partial charge on any atom is -0.362 e. The number of nitrogens with zero attached hydrogens (tertiary/aromatic N) is 3. The van der Waals surface area contributed by atoms with E-state index in [2.05, 4.69) is 29.7 Å². The number of aromatic nitrogens is 2. The number of anilines is 2. The summed E-state index contributed by atoms with van der Waals surface area (Å²) >= 11 is 0. The Kier molecular flexibility index (Phi) is 9.42. The van der Waals surface area contributed by atoms with E-state index >= 15 is 0 Å². The van der Waals surface area contributed by atoms with E-state index < -0.39 is 10.8 Å². The van der Waals surface area contributed by atoms with E-state index in [9.17, 15) is 8.60 Å². The highest BCUT2D eigenvalue weighted by Gasteiger charge is 2.25. The second-order valence-corrected chi connectivity index (χ2v) is 13.9. The van der Waals surface area contributed by atoms with E-state index in [-0.39, 0.29) is 5.82 Å². The highest BCUT2D eigenvalue weighted by molar-refractivity contribution is 7.84. The van der Waals surface area contributed by atoms with E-state index in [1.807, 2.05) is 67.5 Å². The van der Waals surface area contributed by atoms with E-state index in [0.717, 1.165) is 89.1 Å². The first-order chi connectivity index (χ1) is 21.8. The van der Waals surface area contributed by atoms with Crippen LogP contribution in [-0.2, 0) is 10.8 Å². The zero-order valence-electron chi connectivity index (χ0n) is 26.6. The Bertz CT molecular complexity index is 1770. The summed E-state index contributed by atoms with van der Waals surface area (Å²) in [6, 6.07) is 21.5. The van der Waals surface area contributed by atoms with Crippen LogP contribution in [0.15, 0.2) is 77.2 Å². The molecule has 4 aromatic rings. The molecule has 1 fully saturated rings. The maximum absolute atomic E-state index is 14.4. The summed E-state index contributed by atoms with van der Waals surface area (Å²) in [6.45, 7) is 3.98. The summed E-state index contributed by atoms with van der Waals surface area (Å²) in [7, 11) is 3.03. The Hall–Kier alpha value is -3.88. The first kappa shape index (κ1) is 31.1. The highest BCUT2D eigenvalue weighted by Crippen LogP contribution is 2.43. The number of hydrogen-bond donors (Lipinski definition) is 2. The van der Waals surface area contributed by atoms with Crippen LogP contribution in [0.1, 0.15) is 55.7 Å². The standard InChI is InChI=1S/C37H42FN5OS/c1-24-30(34-22-27(38)13-18-31(34)33(24)21-25-11-16-29(17-12-25)45(4)44)19-20-39-23-26-9-14-28(15-10-26)40-37-41-35-8-6-5-7-32(35)36(42-37)43(2)3/h5-8,11-13,16-18,21-22,26,28,39H,9-10,14-15,19-20,23H2,1-4H3,(H,40,41,42). The predicted octanol–water partition coefficient (Wildman–Crippen LogP) is 7.55. The van der Waals surface area contributed by atoms with Gasteiger partial charge in [0.25, 0.3) is 0 Å². The SMILES string of the molecule is CC1=C(CCNCC2CCC(Nc3nc(N(C)C)c4ccccc4n3)CC2)c2cc(F)ccc2C1=Cc1ccc(S(C)=O)cc1. The van der Waals surface area contributed by atoms with Crippen LogP contribution >= 0.6 is 0 Å². The van der Waals surface area contributed by atoms with Gasteiger partial charge in [0, 0.05) is 47.5 Å². The molecule has 1 heterocycles. The van der Waals surface area contributed by atoms with Gasteiger partial charge in [0.2, 0.25) is 5.95 Å². The number of para-hydroxylation sites is 1. The third-order valence-electron chi connectivity index (χ3n) is 9.15. The van der Waals surface area contributed by atoms with E-state index in [4.69, 9.17) is 9.97 Å². The van der Waals surface area contributed by atoms with Crippen molar-refractivity contribution < 1.29 is 8.60 Å². The molecule has 0 amide bonds. The fourth-order valence-electron chi connectivity index (χ4n) is 6.68. The van der Waals surface area contributed by atoms with Gasteiger partial charge in [-0.1, -0.05) is 30.3 Å². The lowest BCUT2D eigenvalue weighted by atomic mass is 9.86. The third kappa shape index (κ3) is 7.02. The summed E-state index contributed by atoms with van der Waals surface area (Å²) < 4.78 is 26.2. The van der Waals surface area contributed by atoms with Crippen LogP contribution in [0, 0.1) is 11.7 Å². The minimum absolute atomic E-state index is 0.208. The molecule has 2 N–H and O–H groups in total. The molecule has 6 nitrogen and oxygen atoms in total. The fraction of sp³-hybridized carbons (Fsp3) is 0.351. The number of rotatable bonds is 10. The summed E-state index contributed by atoms with van der Waals surface area (Å²) in [6.07, 6.45) is 9.20. The van der Waals surface area contributed by atoms with Gasteiger partial charge in [0.1, 0.15) is 11.6 Å². The van der Waals surface area contributed by atoms with Gasteiger partial charge in [-0.2, -0.15) is 4.98 Å². The molecule has 2 aliphatic rings. The molecule has 1 unspecified atom stereocenters. The number of halogens is 1. The quantitative estimate of drug-likeness (QED) is 0.178. The van der Waals surface area contributed by atoms with Gasteiger partial charge in [-0.25, -0.2) is 9.37 Å². The number of nitrogens with one attached hydrogen (secondary N) is 2. The molecule has 1 saturated carbocycles. The Labute approximate surface area is 268 Å². The van der Waals surface area contributed by atoms with E-state index in [1.165, 1.54) is 11.1 Å². The first-order valence-corrected chi connectivity index (χ1v) is 17.4. The molecule has 2 aliphatic carbocycles. The molecule has 0 saturated heterocycles. The lowest BCUT2D eigenvalue weighted by Crippen LogP contribution is -2.32. The maximum Gasteiger partial charge on any atom is 0.225 e. The number of fused-ring (bicyclic) bond motifs is 2. The molecule has 45 heavy (non-hydrogen) atoms. The number of allylic oxidation sites excluding steroid dienone is 2. The Balaban J connectivity index is 1.04. The molecule has 1 atom stereocenters.